The van der Waals surface area contributed by atoms with E-state index in [2.05, 4.69) is 5.32 Å². The number of imidazole rings is 1. The van der Waals surface area contributed by atoms with Gasteiger partial charge in [-0.2, -0.15) is 0 Å². The SMILES string of the molecule is CCC(C)NC(=O)c1ccc(Cl)c(Cc2nc3c(C)cc(C(C)(C)F)cc3n2C)c1Cl. The fourth-order valence-corrected chi connectivity index (χ4v) is 4.09. The molecule has 166 valence electrons. The van der Waals surface area contributed by atoms with Crippen LogP contribution in [-0.4, -0.2) is 21.5 Å². The fraction of sp³-hybridized carbons (Fsp3) is 0.417. The second-order valence-corrected chi connectivity index (χ2v) is 9.35. The second-order valence-electron chi connectivity index (χ2n) is 8.57. The van der Waals surface area contributed by atoms with Gasteiger partial charge in [-0.3, -0.25) is 4.79 Å². The van der Waals surface area contributed by atoms with Crippen molar-refractivity contribution in [2.45, 2.75) is 59.2 Å². The van der Waals surface area contributed by atoms with Gasteiger partial charge in [-0.05, 0) is 69.0 Å². The number of hydrogen-bond acceptors (Lipinski definition) is 2. The van der Waals surface area contributed by atoms with Gasteiger partial charge in [0.15, 0.2) is 0 Å². The summed E-state index contributed by atoms with van der Waals surface area (Å²) in [6, 6.07) is 7.03. The molecule has 1 aromatic heterocycles. The van der Waals surface area contributed by atoms with Gasteiger partial charge in [0.2, 0.25) is 0 Å². The van der Waals surface area contributed by atoms with Crippen molar-refractivity contribution in [3.63, 3.8) is 0 Å². The molecule has 1 N–H and O–H groups in total. The quantitative estimate of drug-likeness (QED) is 0.452. The molecule has 0 radical (unpaired) electrons. The van der Waals surface area contributed by atoms with Crippen LogP contribution in [0.3, 0.4) is 0 Å². The molecule has 0 bridgehead atoms. The topological polar surface area (TPSA) is 46.9 Å². The summed E-state index contributed by atoms with van der Waals surface area (Å²) in [5.41, 5.74) is 2.73. The minimum absolute atomic E-state index is 0.0412. The first-order chi connectivity index (χ1) is 14.4. The number of aryl methyl sites for hydroxylation is 2. The second kappa shape index (κ2) is 8.79. The Hall–Kier alpha value is -2.11. The van der Waals surface area contributed by atoms with E-state index >= 15 is 0 Å². The number of carbonyl (C=O) groups is 1. The van der Waals surface area contributed by atoms with Gasteiger partial charge in [0.05, 0.1) is 21.6 Å². The molecule has 1 heterocycles. The summed E-state index contributed by atoms with van der Waals surface area (Å²) in [7, 11) is 1.89. The molecular formula is C24H28Cl2FN3O. The van der Waals surface area contributed by atoms with Gasteiger partial charge in [-0.15, -0.1) is 0 Å². The lowest BCUT2D eigenvalue weighted by Gasteiger charge is -2.16. The lowest BCUT2D eigenvalue weighted by Crippen LogP contribution is -2.32. The zero-order valence-electron chi connectivity index (χ0n) is 18.7. The highest BCUT2D eigenvalue weighted by atomic mass is 35.5. The van der Waals surface area contributed by atoms with Crippen LogP contribution in [0, 0.1) is 6.92 Å². The van der Waals surface area contributed by atoms with Crippen molar-refractivity contribution in [2.24, 2.45) is 7.05 Å². The average Bonchev–Trinajstić information content (AvgIpc) is 3.00. The minimum atomic E-state index is -1.45. The number of nitrogens with one attached hydrogen (secondary N) is 1. The molecule has 1 amide bonds. The highest BCUT2D eigenvalue weighted by molar-refractivity contribution is 6.38. The third-order valence-corrected chi connectivity index (χ3v) is 6.50. The first-order valence-corrected chi connectivity index (χ1v) is 11.1. The molecule has 3 aromatic rings. The van der Waals surface area contributed by atoms with Gasteiger partial charge < -0.3 is 9.88 Å². The number of rotatable bonds is 6. The van der Waals surface area contributed by atoms with E-state index in [1.165, 1.54) is 0 Å². The number of fused-ring (bicyclic) bond motifs is 1. The Morgan fingerprint density at radius 1 is 1.29 bits per heavy atom. The lowest BCUT2D eigenvalue weighted by molar-refractivity contribution is 0.0939. The molecule has 0 spiro atoms. The number of benzene rings is 2. The van der Waals surface area contributed by atoms with Crippen molar-refractivity contribution < 1.29 is 9.18 Å². The van der Waals surface area contributed by atoms with Crippen molar-refractivity contribution in [3.8, 4) is 0 Å². The Bertz CT molecular complexity index is 1150. The Kier molecular flexibility index (Phi) is 6.68. The van der Waals surface area contributed by atoms with Crippen LogP contribution in [0.15, 0.2) is 24.3 Å². The van der Waals surface area contributed by atoms with E-state index in [1.54, 1.807) is 26.0 Å². The number of aromatic nitrogens is 2. The lowest BCUT2D eigenvalue weighted by atomic mass is 9.97. The molecule has 4 nitrogen and oxygen atoms in total. The summed E-state index contributed by atoms with van der Waals surface area (Å²) < 4.78 is 16.5. The fourth-order valence-electron chi connectivity index (χ4n) is 3.50. The van der Waals surface area contributed by atoms with Crippen LogP contribution in [0.5, 0.6) is 0 Å². The van der Waals surface area contributed by atoms with Gasteiger partial charge in [0.25, 0.3) is 5.91 Å². The maximum Gasteiger partial charge on any atom is 0.253 e. The van der Waals surface area contributed by atoms with Crippen molar-refractivity contribution in [3.05, 3.63) is 62.4 Å². The highest BCUT2D eigenvalue weighted by Crippen LogP contribution is 2.33. The molecule has 0 fully saturated rings. The average molecular weight is 464 g/mol. The standard InChI is InChI=1S/C24H28Cl2FN3O/c1-7-14(3)28-23(31)16-8-9-18(25)17(21(16)26)12-20-29-22-13(2)10-15(24(4,5)27)11-19(22)30(20)6/h8-11,14H,7,12H2,1-6H3,(H,28,31). The van der Waals surface area contributed by atoms with E-state index in [1.807, 2.05) is 44.5 Å². The first-order valence-electron chi connectivity index (χ1n) is 10.4. The van der Waals surface area contributed by atoms with E-state index in [4.69, 9.17) is 28.2 Å². The molecule has 2 aromatic carbocycles. The van der Waals surface area contributed by atoms with Crippen molar-refractivity contribution in [2.75, 3.05) is 0 Å². The molecule has 1 atom stereocenters. The predicted octanol–water partition coefficient (Wildman–Crippen LogP) is 6.51. The van der Waals surface area contributed by atoms with Crippen LogP contribution in [0.25, 0.3) is 11.0 Å². The van der Waals surface area contributed by atoms with Gasteiger partial charge in [0.1, 0.15) is 11.5 Å². The number of alkyl halides is 1. The monoisotopic (exact) mass is 463 g/mol. The Labute approximate surface area is 192 Å². The van der Waals surface area contributed by atoms with E-state index in [9.17, 15) is 9.18 Å². The van der Waals surface area contributed by atoms with Gasteiger partial charge in [0, 0.05) is 24.5 Å². The zero-order chi connectivity index (χ0) is 23.1. The Morgan fingerprint density at radius 3 is 2.58 bits per heavy atom. The molecular weight excluding hydrogens is 436 g/mol. The van der Waals surface area contributed by atoms with Crippen molar-refractivity contribution >= 4 is 40.1 Å². The van der Waals surface area contributed by atoms with E-state index in [0.717, 1.165) is 28.8 Å². The molecule has 0 aliphatic rings. The zero-order valence-corrected chi connectivity index (χ0v) is 20.2. The largest absolute Gasteiger partial charge is 0.350 e. The smallest absolute Gasteiger partial charge is 0.253 e. The van der Waals surface area contributed by atoms with Crippen LogP contribution >= 0.6 is 23.2 Å². The van der Waals surface area contributed by atoms with Crippen molar-refractivity contribution in [1.29, 1.82) is 0 Å². The molecule has 7 heteroatoms. The summed E-state index contributed by atoms with van der Waals surface area (Å²) in [6.07, 6.45) is 1.17. The third-order valence-electron chi connectivity index (χ3n) is 5.71. The number of amides is 1. The Balaban J connectivity index is 2.05. The maximum absolute atomic E-state index is 14.6. The molecule has 1 unspecified atom stereocenters. The minimum Gasteiger partial charge on any atom is -0.350 e. The molecule has 3 rings (SSSR count). The molecule has 0 aliphatic carbocycles. The number of halogens is 3. The number of hydrogen-bond donors (Lipinski definition) is 1. The van der Waals surface area contributed by atoms with Crippen LogP contribution in [-0.2, 0) is 19.1 Å². The van der Waals surface area contributed by atoms with Gasteiger partial charge >= 0.3 is 0 Å². The predicted molar refractivity (Wildman–Crippen MR) is 126 cm³/mol. The van der Waals surface area contributed by atoms with Crippen molar-refractivity contribution in [1.82, 2.24) is 14.9 Å². The molecule has 0 saturated heterocycles. The van der Waals surface area contributed by atoms with Crippen LogP contribution in [0.4, 0.5) is 4.39 Å². The van der Waals surface area contributed by atoms with E-state index in [0.29, 0.717) is 33.2 Å². The molecule has 0 saturated carbocycles. The van der Waals surface area contributed by atoms with E-state index < -0.39 is 5.67 Å². The van der Waals surface area contributed by atoms with Crippen LogP contribution in [0.1, 0.15) is 67.0 Å². The maximum atomic E-state index is 14.6. The normalized spacial score (nSPS) is 12.9. The molecule has 0 aliphatic heterocycles. The summed E-state index contributed by atoms with van der Waals surface area (Å²) in [6.45, 7) is 8.95. The summed E-state index contributed by atoms with van der Waals surface area (Å²) in [4.78, 5) is 17.4. The third kappa shape index (κ3) is 4.73. The highest BCUT2D eigenvalue weighted by Gasteiger charge is 2.23. The van der Waals surface area contributed by atoms with Crippen LogP contribution < -0.4 is 5.32 Å². The molecule has 31 heavy (non-hydrogen) atoms. The number of nitrogens with zero attached hydrogens (tertiary/aromatic N) is 2. The van der Waals surface area contributed by atoms with Gasteiger partial charge in [-0.1, -0.05) is 36.2 Å². The summed E-state index contributed by atoms with van der Waals surface area (Å²) in [5.74, 6) is 0.503. The van der Waals surface area contributed by atoms with E-state index in [-0.39, 0.29) is 11.9 Å². The summed E-state index contributed by atoms with van der Waals surface area (Å²) in [5, 5.41) is 3.73. The van der Waals surface area contributed by atoms with Gasteiger partial charge in [-0.25, -0.2) is 9.37 Å². The number of carbonyl (C=O) groups excluding carboxylic acids is 1. The summed E-state index contributed by atoms with van der Waals surface area (Å²) >= 11 is 13.1. The first kappa shape index (κ1) is 23.6. The van der Waals surface area contributed by atoms with Crippen LogP contribution in [0.2, 0.25) is 10.0 Å². The Morgan fingerprint density at radius 2 is 1.97 bits per heavy atom.